The first-order chi connectivity index (χ1) is 13.8. The molecule has 0 spiro atoms. The van der Waals surface area contributed by atoms with Gasteiger partial charge in [-0.1, -0.05) is 12.1 Å². The van der Waals surface area contributed by atoms with Crippen LogP contribution in [-0.4, -0.2) is 37.5 Å². The van der Waals surface area contributed by atoms with Gasteiger partial charge in [-0.05, 0) is 55.8 Å². The summed E-state index contributed by atoms with van der Waals surface area (Å²) in [6.07, 6.45) is 2.10. The summed E-state index contributed by atoms with van der Waals surface area (Å²) in [6, 6.07) is 10.3. The molecule has 1 aliphatic heterocycles. The second-order valence-corrected chi connectivity index (χ2v) is 8.99. The Balaban J connectivity index is 1.58. The number of likely N-dealkylation sites (tertiary alicyclic amines) is 1. The molecule has 0 radical (unpaired) electrons. The highest BCUT2D eigenvalue weighted by atomic mass is 32.2. The summed E-state index contributed by atoms with van der Waals surface area (Å²) >= 11 is 0. The number of hydrogen-bond acceptors (Lipinski definition) is 5. The smallest absolute Gasteiger partial charge is 0.408 e. The fourth-order valence-electron chi connectivity index (χ4n) is 3.75. The van der Waals surface area contributed by atoms with Crippen LogP contribution < -0.4 is 10.5 Å². The molecule has 2 heterocycles. The average molecular weight is 419 g/mol. The number of oxazole rings is 1. The lowest BCUT2D eigenvalue weighted by molar-refractivity contribution is 0.246. The second-order valence-electron chi connectivity index (χ2n) is 7.22. The van der Waals surface area contributed by atoms with Gasteiger partial charge in [-0.15, -0.1) is 0 Å². The zero-order chi connectivity index (χ0) is 20.6. The first-order valence-corrected chi connectivity index (χ1v) is 10.9. The molecular formula is C20H22FN3O4S. The molecule has 0 aliphatic carbocycles. The van der Waals surface area contributed by atoms with Gasteiger partial charge in [0.05, 0.1) is 10.4 Å². The highest BCUT2D eigenvalue weighted by Gasteiger charge is 2.26. The van der Waals surface area contributed by atoms with Gasteiger partial charge in [0.25, 0.3) is 0 Å². The molecule has 1 aliphatic rings. The van der Waals surface area contributed by atoms with E-state index in [9.17, 15) is 17.6 Å². The largest absolute Gasteiger partial charge is 0.419 e. The lowest BCUT2D eigenvalue weighted by Gasteiger charge is -2.28. The lowest BCUT2D eigenvalue weighted by atomic mass is 10.1. The summed E-state index contributed by atoms with van der Waals surface area (Å²) in [5, 5.41) is 0. The van der Waals surface area contributed by atoms with Crippen molar-refractivity contribution in [1.82, 2.24) is 14.2 Å². The molecule has 0 saturated carbocycles. The van der Waals surface area contributed by atoms with Crippen molar-refractivity contribution in [1.29, 1.82) is 0 Å². The number of sulfonamides is 1. The Morgan fingerprint density at radius 2 is 1.83 bits per heavy atom. The van der Waals surface area contributed by atoms with Gasteiger partial charge in [0.1, 0.15) is 5.82 Å². The van der Waals surface area contributed by atoms with Gasteiger partial charge >= 0.3 is 5.76 Å². The van der Waals surface area contributed by atoms with E-state index >= 15 is 0 Å². The van der Waals surface area contributed by atoms with E-state index < -0.39 is 15.8 Å². The molecule has 0 amide bonds. The Hall–Kier alpha value is -2.49. The van der Waals surface area contributed by atoms with E-state index in [1.54, 1.807) is 25.2 Å². The molecule has 7 nitrogen and oxygen atoms in total. The lowest BCUT2D eigenvalue weighted by Crippen LogP contribution is -2.36. The minimum Gasteiger partial charge on any atom is -0.408 e. The van der Waals surface area contributed by atoms with Crippen LogP contribution in [-0.2, 0) is 17.1 Å². The molecule has 0 bridgehead atoms. The number of nitrogens with zero attached hydrogens (tertiary/aromatic N) is 2. The highest BCUT2D eigenvalue weighted by Crippen LogP contribution is 2.26. The quantitative estimate of drug-likeness (QED) is 0.663. The van der Waals surface area contributed by atoms with Crippen LogP contribution in [0.2, 0.25) is 0 Å². The Bertz CT molecular complexity index is 1180. The average Bonchev–Trinajstić information content (AvgIpc) is 3.32. The fraction of sp³-hybridized carbons (Fsp3) is 0.350. The normalized spacial score (nSPS) is 16.5. The van der Waals surface area contributed by atoms with E-state index in [0.29, 0.717) is 5.52 Å². The van der Waals surface area contributed by atoms with Gasteiger partial charge in [-0.2, -0.15) is 0 Å². The minimum absolute atomic E-state index is 0.0265. The molecule has 3 aromatic rings. The van der Waals surface area contributed by atoms with E-state index in [1.165, 1.54) is 28.8 Å². The molecule has 9 heteroatoms. The van der Waals surface area contributed by atoms with Crippen LogP contribution in [0.15, 0.2) is 56.6 Å². The van der Waals surface area contributed by atoms with Crippen LogP contribution in [0.1, 0.15) is 24.4 Å². The van der Waals surface area contributed by atoms with Crippen LogP contribution in [0.3, 0.4) is 0 Å². The van der Waals surface area contributed by atoms with Crippen molar-refractivity contribution < 1.29 is 17.2 Å². The molecule has 2 aromatic carbocycles. The van der Waals surface area contributed by atoms with Crippen molar-refractivity contribution in [2.45, 2.75) is 23.8 Å². The zero-order valence-electron chi connectivity index (χ0n) is 16.0. The molecule has 154 valence electrons. The van der Waals surface area contributed by atoms with Crippen molar-refractivity contribution in [3.63, 3.8) is 0 Å². The summed E-state index contributed by atoms with van der Waals surface area (Å²) < 4.78 is 48.1. The van der Waals surface area contributed by atoms with Crippen molar-refractivity contribution >= 4 is 21.1 Å². The summed E-state index contributed by atoms with van der Waals surface area (Å²) in [7, 11) is -2.26. The topological polar surface area (TPSA) is 84.5 Å². The Kier molecular flexibility index (Phi) is 5.28. The van der Waals surface area contributed by atoms with Gasteiger partial charge in [0.2, 0.25) is 10.0 Å². The van der Waals surface area contributed by atoms with Gasteiger partial charge in [0.15, 0.2) is 5.58 Å². The Morgan fingerprint density at radius 3 is 2.52 bits per heavy atom. The van der Waals surface area contributed by atoms with Gasteiger partial charge < -0.3 is 4.42 Å². The summed E-state index contributed by atoms with van der Waals surface area (Å²) in [5.74, 6) is -0.875. The SMILES string of the molecule is Cn1c(=O)oc2cc(S(=O)(=O)NCC(c3ccc(F)cc3)N3CCCC3)ccc21. The standard InChI is InChI=1S/C20H22FN3O4S/c1-23-17-9-8-16(12-19(17)28-20(23)25)29(26,27)22-13-18(24-10-2-3-11-24)14-4-6-15(21)7-5-14/h4-9,12,18,22H,2-3,10-11,13H2,1H3. The van der Waals surface area contributed by atoms with Crippen LogP contribution in [0.5, 0.6) is 0 Å². The summed E-state index contributed by atoms with van der Waals surface area (Å²) in [4.78, 5) is 13.9. The van der Waals surface area contributed by atoms with E-state index in [-0.39, 0.29) is 28.9 Å². The Morgan fingerprint density at radius 1 is 1.14 bits per heavy atom. The maximum atomic E-state index is 13.3. The summed E-state index contributed by atoms with van der Waals surface area (Å²) in [5.41, 5.74) is 1.60. The third kappa shape index (κ3) is 3.98. The van der Waals surface area contributed by atoms with Crippen molar-refractivity contribution in [2.24, 2.45) is 7.05 Å². The molecule has 1 fully saturated rings. The monoisotopic (exact) mass is 419 g/mol. The predicted molar refractivity (Wildman–Crippen MR) is 107 cm³/mol. The molecule has 29 heavy (non-hydrogen) atoms. The molecule has 4 rings (SSSR count). The molecule has 1 N–H and O–H groups in total. The van der Waals surface area contributed by atoms with E-state index in [1.807, 2.05) is 0 Å². The van der Waals surface area contributed by atoms with Crippen LogP contribution in [0.4, 0.5) is 4.39 Å². The second kappa shape index (κ2) is 7.74. The summed E-state index contributed by atoms with van der Waals surface area (Å²) in [6.45, 7) is 1.89. The van der Waals surface area contributed by atoms with Crippen molar-refractivity contribution in [2.75, 3.05) is 19.6 Å². The van der Waals surface area contributed by atoms with Gasteiger partial charge in [0, 0.05) is 25.7 Å². The van der Waals surface area contributed by atoms with Crippen molar-refractivity contribution in [3.05, 3.63) is 64.4 Å². The fourth-order valence-corrected chi connectivity index (χ4v) is 4.80. The number of nitrogens with one attached hydrogen (secondary N) is 1. The van der Waals surface area contributed by atoms with Crippen LogP contribution >= 0.6 is 0 Å². The number of halogens is 1. The first-order valence-electron chi connectivity index (χ1n) is 9.44. The first kappa shape index (κ1) is 19.8. The molecule has 1 atom stereocenters. The number of hydrogen-bond donors (Lipinski definition) is 1. The highest BCUT2D eigenvalue weighted by molar-refractivity contribution is 7.89. The van der Waals surface area contributed by atoms with Gasteiger partial charge in [-0.3, -0.25) is 9.47 Å². The predicted octanol–water partition coefficient (Wildman–Crippen LogP) is 2.39. The maximum absolute atomic E-state index is 13.3. The van der Waals surface area contributed by atoms with Crippen LogP contribution in [0.25, 0.3) is 11.1 Å². The van der Waals surface area contributed by atoms with E-state index in [4.69, 9.17) is 4.42 Å². The number of fused-ring (bicyclic) bond motifs is 1. The van der Waals surface area contributed by atoms with Crippen molar-refractivity contribution in [3.8, 4) is 0 Å². The zero-order valence-corrected chi connectivity index (χ0v) is 16.8. The van der Waals surface area contributed by atoms with E-state index in [2.05, 4.69) is 9.62 Å². The Labute approximate surface area is 167 Å². The minimum atomic E-state index is -3.82. The number of rotatable bonds is 6. The number of aromatic nitrogens is 1. The molecular weight excluding hydrogens is 397 g/mol. The van der Waals surface area contributed by atoms with Crippen LogP contribution in [0, 0.1) is 5.82 Å². The molecule has 1 unspecified atom stereocenters. The maximum Gasteiger partial charge on any atom is 0.419 e. The molecule has 1 aromatic heterocycles. The van der Waals surface area contributed by atoms with E-state index in [0.717, 1.165) is 31.5 Å². The van der Waals surface area contributed by atoms with Gasteiger partial charge in [-0.25, -0.2) is 22.3 Å². The third-order valence-corrected chi connectivity index (χ3v) is 6.80. The number of aryl methyl sites for hydroxylation is 1. The third-order valence-electron chi connectivity index (χ3n) is 5.38. The molecule has 1 saturated heterocycles. The number of benzene rings is 2.